The molecule has 2 aromatic carbocycles. The molecule has 4 atom stereocenters. The van der Waals surface area contributed by atoms with Gasteiger partial charge in [-0.25, -0.2) is 14.8 Å². The number of likely N-dealkylation sites (N-methyl/N-ethyl adjacent to an activating group) is 1. The first-order valence-corrected chi connectivity index (χ1v) is 19.5. The third-order valence-corrected chi connectivity index (χ3v) is 11.6. The van der Waals surface area contributed by atoms with Crippen molar-refractivity contribution >= 4 is 23.5 Å². The molecule has 288 valence electrons. The molecule has 2 aromatic heterocycles. The number of hydrogen-bond donors (Lipinski definition) is 4. The van der Waals surface area contributed by atoms with Gasteiger partial charge in [-0.15, -0.1) is 0 Å². The minimum absolute atomic E-state index is 0.0914. The van der Waals surface area contributed by atoms with Crippen LogP contribution in [0.25, 0.3) is 5.57 Å². The van der Waals surface area contributed by atoms with Crippen molar-refractivity contribution in [1.29, 1.82) is 0 Å². The minimum Gasteiger partial charge on any atom is -0.465 e. The highest BCUT2D eigenvalue weighted by molar-refractivity contribution is 5.89. The third kappa shape index (κ3) is 7.35. The fourth-order valence-corrected chi connectivity index (χ4v) is 8.67. The van der Waals surface area contributed by atoms with Crippen molar-refractivity contribution in [3.63, 3.8) is 0 Å². The van der Waals surface area contributed by atoms with Crippen LogP contribution in [-0.4, -0.2) is 89.4 Å². The zero-order valence-corrected chi connectivity index (χ0v) is 32.2. The summed E-state index contributed by atoms with van der Waals surface area (Å²) < 4.78 is 0. The summed E-state index contributed by atoms with van der Waals surface area (Å²) in [6, 6.07) is 19.4. The van der Waals surface area contributed by atoms with Crippen LogP contribution in [0.4, 0.5) is 4.79 Å². The van der Waals surface area contributed by atoms with Crippen LogP contribution in [0.3, 0.4) is 0 Å². The molecule has 0 saturated carbocycles. The number of rotatable bonds is 12. The predicted molar refractivity (Wildman–Crippen MR) is 211 cm³/mol. The molecule has 4 N–H and O–H groups in total. The van der Waals surface area contributed by atoms with E-state index in [0.29, 0.717) is 31.8 Å². The summed E-state index contributed by atoms with van der Waals surface area (Å²) in [5.74, 6) is 1.22. The number of allylic oxidation sites excluding steroid dienone is 4. The lowest BCUT2D eigenvalue weighted by atomic mass is 9.74. The average molecular weight is 745 g/mol. The Kier molecular flexibility index (Phi) is 10.8. The highest BCUT2D eigenvalue weighted by Crippen LogP contribution is 2.43. The molecule has 7 rings (SSSR count). The van der Waals surface area contributed by atoms with Crippen molar-refractivity contribution in [2.45, 2.75) is 88.9 Å². The van der Waals surface area contributed by atoms with Crippen molar-refractivity contribution in [1.82, 2.24) is 40.0 Å². The number of imidazole rings is 2. The highest BCUT2D eigenvalue weighted by Gasteiger charge is 2.43. The molecule has 12 heteroatoms. The van der Waals surface area contributed by atoms with Gasteiger partial charge in [0, 0.05) is 25.5 Å². The van der Waals surface area contributed by atoms with E-state index in [9.17, 15) is 19.5 Å². The molecule has 55 heavy (non-hydrogen) atoms. The van der Waals surface area contributed by atoms with Crippen molar-refractivity contribution < 1.29 is 19.5 Å². The highest BCUT2D eigenvalue weighted by atomic mass is 16.4. The van der Waals surface area contributed by atoms with Gasteiger partial charge >= 0.3 is 6.09 Å². The molecular weight excluding hydrogens is 693 g/mol. The Morgan fingerprint density at radius 1 is 0.891 bits per heavy atom. The number of aromatic amines is 2. The quantitative estimate of drug-likeness (QED) is 0.123. The van der Waals surface area contributed by atoms with E-state index < -0.39 is 17.0 Å². The van der Waals surface area contributed by atoms with Gasteiger partial charge in [0.25, 0.3) is 0 Å². The van der Waals surface area contributed by atoms with E-state index >= 15 is 0 Å². The van der Waals surface area contributed by atoms with E-state index in [2.05, 4.69) is 64.4 Å². The summed E-state index contributed by atoms with van der Waals surface area (Å²) >= 11 is 0. The molecule has 12 nitrogen and oxygen atoms in total. The summed E-state index contributed by atoms with van der Waals surface area (Å²) in [6.07, 6.45) is 12.9. The Labute approximate surface area is 322 Å². The van der Waals surface area contributed by atoms with Gasteiger partial charge in [0.2, 0.25) is 11.8 Å². The van der Waals surface area contributed by atoms with Crippen LogP contribution in [0.15, 0.2) is 91.3 Å². The Morgan fingerprint density at radius 2 is 1.45 bits per heavy atom. The Hall–Kier alpha value is -5.49. The van der Waals surface area contributed by atoms with Crippen LogP contribution in [0.2, 0.25) is 0 Å². The Bertz CT molecular complexity index is 2050. The number of benzene rings is 2. The van der Waals surface area contributed by atoms with Crippen LogP contribution in [0.1, 0.15) is 112 Å². The van der Waals surface area contributed by atoms with E-state index in [0.717, 1.165) is 66.3 Å². The van der Waals surface area contributed by atoms with Crippen LogP contribution < -0.4 is 5.32 Å². The fourth-order valence-electron chi connectivity index (χ4n) is 8.67. The monoisotopic (exact) mass is 744 g/mol. The van der Waals surface area contributed by atoms with E-state index in [1.54, 1.807) is 18.7 Å². The summed E-state index contributed by atoms with van der Waals surface area (Å²) in [4.78, 5) is 62.8. The smallest absolute Gasteiger partial charge is 0.405 e. The van der Waals surface area contributed by atoms with Gasteiger partial charge in [-0.3, -0.25) is 14.5 Å². The number of carbonyl (C=O) groups excluding carboxylic acids is 2. The maximum Gasteiger partial charge on any atom is 0.405 e. The summed E-state index contributed by atoms with van der Waals surface area (Å²) in [7, 11) is 0. The first-order chi connectivity index (χ1) is 26.6. The van der Waals surface area contributed by atoms with E-state index in [4.69, 9.17) is 9.97 Å². The van der Waals surface area contributed by atoms with Crippen molar-refractivity contribution in [3.8, 4) is 0 Å². The molecule has 2 fully saturated rings. The zero-order valence-electron chi connectivity index (χ0n) is 32.2. The van der Waals surface area contributed by atoms with Gasteiger partial charge in [-0.1, -0.05) is 92.7 Å². The summed E-state index contributed by atoms with van der Waals surface area (Å²) in [5.41, 5.74) is 3.00. The Balaban J connectivity index is 1.22. The van der Waals surface area contributed by atoms with E-state index in [1.165, 1.54) is 0 Å². The molecule has 1 unspecified atom stereocenters. The van der Waals surface area contributed by atoms with Gasteiger partial charge in [0.15, 0.2) is 0 Å². The molecule has 0 spiro atoms. The lowest BCUT2D eigenvalue weighted by molar-refractivity contribution is -0.138. The first-order valence-electron chi connectivity index (χ1n) is 19.5. The molecule has 0 bridgehead atoms. The topological polar surface area (TPSA) is 151 Å². The first kappa shape index (κ1) is 37.8. The minimum atomic E-state index is -1.29. The third-order valence-electron chi connectivity index (χ3n) is 11.6. The van der Waals surface area contributed by atoms with Crippen molar-refractivity contribution in [2.75, 3.05) is 26.2 Å². The summed E-state index contributed by atoms with van der Waals surface area (Å²) in [6.45, 7) is 10.1. The molecule has 1 aliphatic carbocycles. The molecule has 3 aliphatic rings. The fraction of sp³-hybridized carbons (Fsp3) is 0.419. The maximum absolute atomic E-state index is 14.5. The molecule has 4 heterocycles. The second-order valence-electron chi connectivity index (χ2n) is 15.3. The SMILES string of the molecule is CCN(CC)[C@@H](C(=O)N1CCC[C@H]1c1ncc(C2(c3cnc([C@@H]4CCCN4C(=O)C(C)(C)NC(=O)O)[nH]3)C=CC(c3ccccc3)=CC2)[nH]1)c1ccccc1. The number of H-pyrrole nitrogens is 2. The zero-order chi connectivity index (χ0) is 38.7. The van der Waals surface area contributed by atoms with Gasteiger partial charge in [0.1, 0.15) is 23.2 Å². The molecular formula is C43H52N8O4. The lowest BCUT2D eigenvalue weighted by Gasteiger charge is -2.34. The average Bonchev–Trinajstić information content (AvgIpc) is 4.03. The molecule has 2 saturated heterocycles. The lowest BCUT2D eigenvalue weighted by Crippen LogP contribution is -2.55. The largest absolute Gasteiger partial charge is 0.465 e. The molecule has 4 aromatic rings. The number of nitrogens with zero attached hydrogens (tertiary/aromatic N) is 5. The number of carboxylic acid groups (broad SMARTS) is 1. The number of aromatic nitrogens is 4. The summed E-state index contributed by atoms with van der Waals surface area (Å²) in [5, 5.41) is 11.8. The number of amides is 3. The van der Waals surface area contributed by atoms with E-state index in [-0.39, 0.29) is 29.9 Å². The molecule has 3 amide bonds. The second kappa shape index (κ2) is 15.7. The van der Waals surface area contributed by atoms with Crippen molar-refractivity contribution in [3.05, 3.63) is 125 Å². The second-order valence-corrected chi connectivity index (χ2v) is 15.3. The Morgan fingerprint density at radius 3 is 2.00 bits per heavy atom. The molecule has 2 aliphatic heterocycles. The normalized spacial score (nSPS) is 21.9. The van der Waals surface area contributed by atoms with Gasteiger partial charge in [-0.2, -0.15) is 0 Å². The number of carbonyl (C=O) groups is 3. The van der Waals surface area contributed by atoms with Gasteiger partial charge < -0.3 is 30.2 Å². The van der Waals surface area contributed by atoms with Gasteiger partial charge in [-0.05, 0) is 75.7 Å². The number of likely N-dealkylation sites (tertiary alicyclic amines) is 2. The predicted octanol–water partition coefficient (Wildman–Crippen LogP) is 6.92. The molecule has 0 radical (unpaired) electrons. The number of nitrogens with one attached hydrogen (secondary N) is 3. The van der Waals surface area contributed by atoms with Crippen LogP contribution in [0, 0.1) is 0 Å². The van der Waals surface area contributed by atoms with Crippen LogP contribution in [-0.2, 0) is 15.0 Å². The van der Waals surface area contributed by atoms with E-state index in [1.807, 2.05) is 65.8 Å². The van der Waals surface area contributed by atoms with Crippen LogP contribution in [0.5, 0.6) is 0 Å². The maximum atomic E-state index is 14.5. The van der Waals surface area contributed by atoms with Crippen molar-refractivity contribution in [2.24, 2.45) is 0 Å². The van der Waals surface area contributed by atoms with Crippen LogP contribution >= 0.6 is 0 Å². The van der Waals surface area contributed by atoms with Gasteiger partial charge in [0.05, 0.1) is 28.9 Å². The standard InChI is InChI=1S/C43H52N8O4/c1-5-49(6-2)36(31-17-11-8-12-18-31)39(52)50-25-13-19-32(50)37-44-27-34(46-37)43(23-21-30(22-24-43)29-15-9-7-10-16-29)35-28-45-38(47-35)33-20-14-26-51(33)40(53)42(3,4)48-41(54)55/h7-12,15-18,21-23,27-28,32-33,36,48H,5-6,13-14,19-20,24-26H2,1-4H3,(H,44,46)(H,45,47)(H,54,55)/t32-,33-,36+,43?/m0/s1. The number of hydrogen-bond acceptors (Lipinski definition) is 6.